The molecule has 0 saturated heterocycles. The predicted octanol–water partition coefficient (Wildman–Crippen LogP) is 3.83. The smallest absolute Gasteiger partial charge is 0.222 e. The molecule has 2 aromatic rings. The van der Waals surface area contributed by atoms with Crippen molar-refractivity contribution in [1.82, 2.24) is 4.90 Å². The normalized spacial score (nSPS) is 13.4. The molecule has 0 saturated carbocycles. The van der Waals surface area contributed by atoms with Gasteiger partial charge in [0, 0.05) is 19.5 Å². The largest absolute Gasteiger partial charge is 0.339 e. The van der Waals surface area contributed by atoms with Crippen molar-refractivity contribution in [2.45, 2.75) is 31.8 Å². The predicted molar refractivity (Wildman–Crippen MR) is 90.2 cm³/mol. The molecule has 0 unspecified atom stereocenters. The van der Waals surface area contributed by atoms with Gasteiger partial charge in [-0.15, -0.1) is 0 Å². The summed E-state index contributed by atoms with van der Waals surface area (Å²) in [4.78, 5) is 14.0. The highest BCUT2D eigenvalue weighted by Crippen LogP contribution is 2.21. The summed E-state index contributed by atoms with van der Waals surface area (Å²) < 4.78 is 13.0. The lowest BCUT2D eigenvalue weighted by Crippen LogP contribution is -2.30. The third kappa shape index (κ3) is 4.63. The molecule has 2 rings (SSSR count). The number of amides is 1. The van der Waals surface area contributed by atoms with Gasteiger partial charge in [0.1, 0.15) is 5.82 Å². The van der Waals surface area contributed by atoms with E-state index in [1.54, 1.807) is 24.1 Å². The van der Waals surface area contributed by atoms with E-state index in [2.05, 4.69) is 0 Å². The lowest BCUT2D eigenvalue weighted by molar-refractivity contribution is -0.132. The monoisotopic (exact) mass is 314 g/mol. The molecule has 2 atom stereocenters. The summed E-state index contributed by atoms with van der Waals surface area (Å²) in [5, 5.41) is 0. The SMILES string of the molecule is C[C@H](c1ccc(F)cc1)N(C)C(=O)CC[C@H](N)c1ccccc1. The molecule has 0 aliphatic heterocycles. The second kappa shape index (κ2) is 7.88. The first-order chi connectivity index (χ1) is 11.0. The van der Waals surface area contributed by atoms with Crippen molar-refractivity contribution in [2.24, 2.45) is 5.73 Å². The maximum Gasteiger partial charge on any atom is 0.222 e. The first-order valence-corrected chi connectivity index (χ1v) is 7.80. The molecule has 0 heterocycles. The van der Waals surface area contributed by atoms with Gasteiger partial charge in [-0.1, -0.05) is 42.5 Å². The van der Waals surface area contributed by atoms with Crippen LogP contribution < -0.4 is 5.73 Å². The van der Waals surface area contributed by atoms with Gasteiger partial charge in [0.25, 0.3) is 0 Å². The Bertz CT molecular complexity index is 628. The molecule has 0 spiro atoms. The number of halogens is 1. The lowest BCUT2D eigenvalue weighted by atomic mass is 10.0. The molecular weight excluding hydrogens is 291 g/mol. The van der Waals surface area contributed by atoms with Crippen LogP contribution in [0.2, 0.25) is 0 Å². The fraction of sp³-hybridized carbons (Fsp3) is 0.316. The third-order valence-electron chi connectivity index (χ3n) is 4.22. The van der Waals surface area contributed by atoms with Crippen molar-refractivity contribution in [3.63, 3.8) is 0 Å². The quantitative estimate of drug-likeness (QED) is 0.881. The number of rotatable bonds is 6. The van der Waals surface area contributed by atoms with Gasteiger partial charge in [-0.05, 0) is 36.6 Å². The van der Waals surface area contributed by atoms with Crippen LogP contribution in [0.15, 0.2) is 54.6 Å². The average molecular weight is 314 g/mol. The van der Waals surface area contributed by atoms with Crippen molar-refractivity contribution < 1.29 is 9.18 Å². The number of carbonyl (C=O) groups is 1. The van der Waals surface area contributed by atoms with E-state index in [9.17, 15) is 9.18 Å². The molecule has 3 nitrogen and oxygen atoms in total. The van der Waals surface area contributed by atoms with Gasteiger partial charge < -0.3 is 10.6 Å². The summed E-state index contributed by atoms with van der Waals surface area (Å²) in [7, 11) is 1.77. The van der Waals surface area contributed by atoms with Gasteiger partial charge in [0.2, 0.25) is 5.91 Å². The molecule has 0 aliphatic rings. The van der Waals surface area contributed by atoms with Crippen molar-refractivity contribution in [2.75, 3.05) is 7.05 Å². The topological polar surface area (TPSA) is 46.3 Å². The van der Waals surface area contributed by atoms with Gasteiger partial charge >= 0.3 is 0 Å². The van der Waals surface area contributed by atoms with E-state index in [0.29, 0.717) is 12.8 Å². The molecule has 2 N–H and O–H groups in total. The summed E-state index contributed by atoms with van der Waals surface area (Å²) in [6, 6.07) is 15.8. The Morgan fingerprint density at radius 3 is 2.30 bits per heavy atom. The van der Waals surface area contributed by atoms with Crippen LogP contribution in [0.4, 0.5) is 4.39 Å². The summed E-state index contributed by atoms with van der Waals surface area (Å²) in [5.41, 5.74) is 8.08. The van der Waals surface area contributed by atoms with E-state index in [1.807, 2.05) is 37.3 Å². The summed E-state index contributed by atoms with van der Waals surface area (Å²) in [6.07, 6.45) is 0.988. The molecule has 122 valence electrons. The number of benzene rings is 2. The zero-order valence-electron chi connectivity index (χ0n) is 13.6. The minimum absolute atomic E-state index is 0.0354. The van der Waals surface area contributed by atoms with E-state index >= 15 is 0 Å². The van der Waals surface area contributed by atoms with Crippen molar-refractivity contribution >= 4 is 5.91 Å². The van der Waals surface area contributed by atoms with E-state index in [4.69, 9.17) is 5.73 Å². The van der Waals surface area contributed by atoms with E-state index in [1.165, 1.54) is 12.1 Å². The van der Waals surface area contributed by atoms with E-state index < -0.39 is 0 Å². The number of carbonyl (C=O) groups excluding carboxylic acids is 1. The van der Waals surface area contributed by atoms with Crippen LogP contribution in [0.1, 0.15) is 43.0 Å². The molecule has 4 heteroatoms. The van der Waals surface area contributed by atoms with Crippen LogP contribution in [-0.4, -0.2) is 17.9 Å². The molecule has 0 fully saturated rings. The molecule has 23 heavy (non-hydrogen) atoms. The molecular formula is C19H23FN2O. The first kappa shape index (κ1) is 17.2. The zero-order chi connectivity index (χ0) is 16.8. The van der Waals surface area contributed by atoms with Gasteiger partial charge in [-0.3, -0.25) is 4.79 Å². The molecule has 0 radical (unpaired) electrons. The Morgan fingerprint density at radius 2 is 1.70 bits per heavy atom. The van der Waals surface area contributed by atoms with Crippen molar-refractivity contribution in [3.8, 4) is 0 Å². The Hall–Kier alpha value is -2.20. The molecule has 0 bridgehead atoms. The Balaban J connectivity index is 1.90. The van der Waals surface area contributed by atoms with Gasteiger partial charge in [-0.25, -0.2) is 4.39 Å². The fourth-order valence-electron chi connectivity index (χ4n) is 2.50. The maximum atomic E-state index is 13.0. The van der Waals surface area contributed by atoms with Crippen LogP contribution in [0.3, 0.4) is 0 Å². The number of nitrogens with two attached hydrogens (primary N) is 1. The molecule has 0 aromatic heterocycles. The Morgan fingerprint density at radius 1 is 1.09 bits per heavy atom. The summed E-state index contributed by atoms with van der Waals surface area (Å²) in [6.45, 7) is 1.93. The van der Waals surface area contributed by atoms with Crippen LogP contribution in [-0.2, 0) is 4.79 Å². The number of hydrogen-bond donors (Lipinski definition) is 1. The minimum atomic E-state index is -0.274. The number of hydrogen-bond acceptors (Lipinski definition) is 2. The van der Waals surface area contributed by atoms with Crippen molar-refractivity contribution in [1.29, 1.82) is 0 Å². The number of nitrogens with zero attached hydrogens (tertiary/aromatic N) is 1. The Labute approximate surface area is 136 Å². The second-order valence-corrected chi connectivity index (χ2v) is 5.79. The second-order valence-electron chi connectivity index (χ2n) is 5.79. The van der Waals surface area contributed by atoms with Gasteiger partial charge in [-0.2, -0.15) is 0 Å². The van der Waals surface area contributed by atoms with E-state index in [0.717, 1.165) is 11.1 Å². The van der Waals surface area contributed by atoms with Crippen LogP contribution in [0.25, 0.3) is 0 Å². The lowest BCUT2D eigenvalue weighted by Gasteiger charge is -2.26. The van der Waals surface area contributed by atoms with E-state index in [-0.39, 0.29) is 23.8 Å². The Kier molecular flexibility index (Phi) is 5.88. The van der Waals surface area contributed by atoms with Gasteiger partial charge in [0.05, 0.1) is 6.04 Å². The average Bonchev–Trinajstić information content (AvgIpc) is 2.59. The standard InChI is InChI=1S/C19H23FN2O/c1-14(15-8-10-17(20)11-9-15)22(2)19(23)13-12-18(21)16-6-4-3-5-7-16/h3-11,14,18H,12-13,21H2,1-2H3/t14-,18+/m1/s1. The molecule has 0 aliphatic carbocycles. The minimum Gasteiger partial charge on any atom is -0.339 e. The fourth-order valence-corrected chi connectivity index (χ4v) is 2.50. The summed E-state index contributed by atoms with van der Waals surface area (Å²) in [5.74, 6) is -0.239. The van der Waals surface area contributed by atoms with Crippen LogP contribution in [0, 0.1) is 5.82 Å². The molecule has 2 aromatic carbocycles. The summed E-state index contributed by atoms with van der Waals surface area (Å²) >= 11 is 0. The van der Waals surface area contributed by atoms with Crippen LogP contribution in [0.5, 0.6) is 0 Å². The maximum absolute atomic E-state index is 13.0. The highest BCUT2D eigenvalue weighted by Gasteiger charge is 2.18. The highest BCUT2D eigenvalue weighted by atomic mass is 19.1. The molecule has 1 amide bonds. The first-order valence-electron chi connectivity index (χ1n) is 7.80. The van der Waals surface area contributed by atoms with Gasteiger partial charge in [0.15, 0.2) is 0 Å². The highest BCUT2D eigenvalue weighted by molar-refractivity contribution is 5.76. The zero-order valence-corrected chi connectivity index (χ0v) is 13.6. The van der Waals surface area contributed by atoms with Crippen molar-refractivity contribution in [3.05, 3.63) is 71.5 Å². The third-order valence-corrected chi connectivity index (χ3v) is 4.22. The van der Waals surface area contributed by atoms with Crippen LogP contribution >= 0.6 is 0 Å².